The number of carbonyl (C=O) groups excluding carboxylic acids is 1. The van der Waals surface area contributed by atoms with E-state index in [4.69, 9.17) is 0 Å². The summed E-state index contributed by atoms with van der Waals surface area (Å²) >= 11 is 0. The number of likely N-dealkylation sites (tertiary alicyclic amines) is 1. The zero-order valence-electron chi connectivity index (χ0n) is 8.47. The Kier molecular flexibility index (Phi) is 4.02. The maximum absolute atomic E-state index is 11.3. The molecule has 4 heteroatoms. The molecule has 0 aliphatic carbocycles. The SMILES string of the molecule is CNCC1CCCN(C(=O)NC)C1. The van der Waals surface area contributed by atoms with Crippen LogP contribution in [0.4, 0.5) is 4.79 Å². The second-order valence-corrected chi connectivity index (χ2v) is 3.57. The average Bonchev–Trinajstić information content (AvgIpc) is 2.18. The second kappa shape index (κ2) is 5.07. The van der Waals surface area contributed by atoms with Gasteiger partial charge in [-0.15, -0.1) is 0 Å². The zero-order chi connectivity index (χ0) is 9.68. The molecular formula is C9H19N3O. The number of piperidine rings is 1. The maximum atomic E-state index is 11.3. The van der Waals surface area contributed by atoms with Gasteiger partial charge in [0.15, 0.2) is 0 Å². The van der Waals surface area contributed by atoms with Crippen LogP contribution in [0.15, 0.2) is 0 Å². The molecule has 4 nitrogen and oxygen atoms in total. The summed E-state index contributed by atoms with van der Waals surface area (Å²) in [5.74, 6) is 0.621. The standard InChI is InChI=1S/C9H19N3O/c1-10-6-8-4-3-5-12(7-8)9(13)11-2/h8,10H,3-7H2,1-2H3,(H,11,13). The lowest BCUT2D eigenvalue weighted by Crippen LogP contribution is -2.46. The molecule has 1 saturated heterocycles. The zero-order valence-corrected chi connectivity index (χ0v) is 8.47. The van der Waals surface area contributed by atoms with E-state index in [0.717, 1.165) is 26.1 Å². The molecule has 0 radical (unpaired) electrons. The van der Waals surface area contributed by atoms with Crippen molar-refractivity contribution >= 4 is 6.03 Å². The molecule has 13 heavy (non-hydrogen) atoms. The summed E-state index contributed by atoms with van der Waals surface area (Å²) < 4.78 is 0. The first-order valence-corrected chi connectivity index (χ1v) is 4.89. The largest absolute Gasteiger partial charge is 0.341 e. The predicted octanol–water partition coefficient (Wildman–Crippen LogP) is 0.257. The molecule has 1 fully saturated rings. The monoisotopic (exact) mass is 185 g/mol. The fourth-order valence-corrected chi connectivity index (χ4v) is 1.86. The Labute approximate surface area is 79.7 Å². The minimum Gasteiger partial charge on any atom is -0.341 e. The molecule has 1 unspecified atom stereocenters. The molecule has 1 heterocycles. The third-order valence-electron chi connectivity index (χ3n) is 2.51. The molecule has 1 aliphatic heterocycles. The Bertz CT molecular complexity index is 170. The fourth-order valence-electron chi connectivity index (χ4n) is 1.86. The van der Waals surface area contributed by atoms with E-state index in [1.807, 2.05) is 11.9 Å². The van der Waals surface area contributed by atoms with Crippen molar-refractivity contribution in [3.8, 4) is 0 Å². The third kappa shape index (κ3) is 2.88. The highest BCUT2D eigenvalue weighted by Crippen LogP contribution is 2.15. The molecule has 0 saturated carbocycles. The molecule has 1 aliphatic rings. The summed E-state index contributed by atoms with van der Waals surface area (Å²) in [5.41, 5.74) is 0. The summed E-state index contributed by atoms with van der Waals surface area (Å²) in [7, 11) is 3.64. The fraction of sp³-hybridized carbons (Fsp3) is 0.889. The van der Waals surface area contributed by atoms with Crippen LogP contribution in [0.5, 0.6) is 0 Å². The van der Waals surface area contributed by atoms with Crippen LogP contribution in [0, 0.1) is 5.92 Å². The van der Waals surface area contributed by atoms with Crippen molar-refractivity contribution in [2.45, 2.75) is 12.8 Å². The van der Waals surface area contributed by atoms with Crippen LogP contribution in [-0.2, 0) is 0 Å². The van der Waals surface area contributed by atoms with Crippen LogP contribution in [0.2, 0.25) is 0 Å². The number of carbonyl (C=O) groups is 1. The van der Waals surface area contributed by atoms with E-state index in [9.17, 15) is 4.79 Å². The topological polar surface area (TPSA) is 44.4 Å². The minimum absolute atomic E-state index is 0.0563. The quantitative estimate of drug-likeness (QED) is 0.648. The number of urea groups is 1. The van der Waals surface area contributed by atoms with E-state index < -0.39 is 0 Å². The Morgan fingerprint density at radius 2 is 2.31 bits per heavy atom. The third-order valence-corrected chi connectivity index (χ3v) is 2.51. The van der Waals surface area contributed by atoms with Gasteiger partial charge in [-0.1, -0.05) is 0 Å². The van der Waals surface area contributed by atoms with Crippen molar-refractivity contribution in [3.05, 3.63) is 0 Å². The van der Waals surface area contributed by atoms with Crippen LogP contribution in [0.25, 0.3) is 0 Å². The number of nitrogens with one attached hydrogen (secondary N) is 2. The van der Waals surface area contributed by atoms with Crippen molar-refractivity contribution in [2.24, 2.45) is 5.92 Å². The first kappa shape index (κ1) is 10.3. The van der Waals surface area contributed by atoms with Gasteiger partial charge in [-0.25, -0.2) is 4.79 Å². The van der Waals surface area contributed by atoms with Gasteiger partial charge < -0.3 is 15.5 Å². The Balaban J connectivity index is 2.37. The van der Waals surface area contributed by atoms with Crippen LogP contribution in [-0.4, -0.2) is 44.7 Å². The van der Waals surface area contributed by atoms with E-state index in [2.05, 4.69) is 10.6 Å². The van der Waals surface area contributed by atoms with Gasteiger partial charge in [-0.2, -0.15) is 0 Å². The summed E-state index contributed by atoms with van der Waals surface area (Å²) in [4.78, 5) is 13.2. The molecule has 0 aromatic heterocycles. The van der Waals surface area contributed by atoms with Crippen molar-refractivity contribution < 1.29 is 4.79 Å². The van der Waals surface area contributed by atoms with Crippen LogP contribution < -0.4 is 10.6 Å². The first-order chi connectivity index (χ1) is 6.27. The van der Waals surface area contributed by atoms with Crippen LogP contribution in [0.1, 0.15) is 12.8 Å². The van der Waals surface area contributed by atoms with E-state index in [0.29, 0.717) is 5.92 Å². The molecular weight excluding hydrogens is 166 g/mol. The van der Waals surface area contributed by atoms with E-state index in [1.165, 1.54) is 6.42 Å². The molecule has 0 aromatic carbocycles. The van der Waals surface area contributed by atoms with Gasteiger partial charge in [0.1, 0.15) is 0 Å². The lowest BCUT2D eigenvalue weighted by molar-refractivity contribution is 0.167. The van der Waals surface area contributed by atoms with E-state index >= 15 is 0 Å². The second-order valence-electron chi connectivity index (χ2n) is 3.57. The van der Waals surface area contributed by atoms with Crippen molar-refractivity contribution in [1.29, 1.82) is 0 Å². The molecule has 0 spiro atoms. The molecule has 2 N–H and O–H groups in total. The average molecular weight is 185 g/mol. The molecule has 0 bridgehead atoms. The highest BCUT2D eigenvalue weighted by atomic mass is 16.2. The first-order valence-electron chi connectivity index (χ1n) is 4.89. The van der Waals surface area contributed by atoms with Gasteiger partial charge in [0, 0.05) is 20.1 Å². The van der Waals surface area contributed by atoms with Gasteiger partial charge >= 0.3 is 6.03 Å². The van der Waals surface area contributed by atoms with Gasteiger partial charge in [0.2, 0.25) is 0 Å². The summed E-state index contributed by atoms with van der Waals surface area (Å²) in [5, 5.41) is 5.82. The molecule has 1 rings (SSSR count). The summed E-state index contributed by atoms with van der Waals surface area (Å²) in [6.45, 7) is 2.80. The van der Waals surface area contributed by atoms with Gasteiger partial charge in [-0.05, 0) is 32.4 Å². The van der Waals surface area contributed by atoms with Crippen molar-refractivity contribution in [2.75, 3.05) is 33.7 Å². The van der Waals surface area contributed by atoms with Gasteiger partial charge in [0.25, 0.3) is 0 Å². The normalized spacial score (nSPS) is 22.9. The van der Waals surface area contributed by atoms with Crippen LogP contribution in [0.3, 0.4) is 0 Å². The lowest BCUT2D eigenvalue weighted by atomic mass is 9.98. The highest BCUT2D eigenvalue weighted by molar-refractivity contribution is 5.73. The lowest BCUT2D eigenvalue weighted by Gasteiger charge is -2.32. The number of hydrogen-bond donors (Lipinski definition) is 2. The highest BCUT2D eigenvalue weighted by Gasteiger charge is 2.21. The van der Waals surface area contributed by atoms with Crippen LogP contribution >= 0.6 is 0 Å². The molecule has 0 aromatic rings. The summed E-state index contributed by atoms with van der Waals surface area (Å²) in [6, 6.07) is 0.0563. The molecule has 2 amide bonds. The number of rotatable bonds is 2. The number of nitrogens with zero attached hydrogens (tertiary/aromatic N) is 1. The van der Waals surface area contributed by atoms with E-state index in [-0.39, 0.29) is 6.03 Å². The number of hydrogen-bond acceptors (Lipinski definition) is 2. The summed E-state index contributed by atoms with van der Waals surface area (Å²) in [6.07, 6.45) is 2.36. The van der Waals surface area contributed by atoms with Gasteiger partial charge in [0.05, 0.1) is 0 Å². The minimum atomic E-state index is 0.0563. The Morgan fingerprint density at radius 3 is 2.92 bits per heavy atom. The Hall–Kier alpha value is -0.770. The maximum Gasteiger partial charge on any atom is 0.317 e. The van der Waals surface area contributed by atoms with E-state index in [1.54, 1.807) is 7.05 Å². The van der Waals surface area contributed by atoms with Crippen molar-refractivity contribution in [3.63, 3.8) is 0 Å². The number of amides is 2. The molecule has 76 valence electrons. The molecule has 1 atom stereocenters. The van der Waals surface area contributed by atoms with Crippen molar-refractivity contribution in [1.82, 2.24) is 15.5 Å². The smallest absolute Gasteiger partial charge is 0.317 e. The predicted molar refractivity (Wildman–Crippen MR) is 52.7 cm³/mol. The Morgan fingerprint density at radius 1 is 1.54 bits per heavy atom. The van der Waals surface area contributed by atoms with Gasteiger partial charge in [-0.3, -0.25) is 0 Å².